The molecule has 0 bridgehead atoms. The number of anilines is 1. The highest BCUT2D eigenvalue weighted by molar-refractivity contribution is 7.89. The molecule has 2 aromatic rings. The molecule has 156 valence electrons. The summed E-state index contributed by atoms with van der Waals surface area (Å²) in [7, 11) is -2.23. The van der Waals surface area contributed by atoms with E-state index < -0.39 is 10.0 Å². The number of halogens is 1. The van der Waals surface area contributed by atoms with Crippen molar-refractivity contribution in [1.82, 2.24) is 4.31 Å². The maximum absolute atomic E-state index is 13.1. The largest absolute Gasteiger partial charge is 0.495 e. The van der Waals surface area contributed by atoms with Crippen LogP contribution in [-0.4, -0.2) is 38.8 Å². The lowest BCUT2D eigenvalue weighted by atomic mass is 9.97. The highest BCUT2D eigenvalue weighted by Gasteiger charge is 2.33. The van der Waals surface area contributed by atoms with Crippen molar-refractivity contribution in [2.75, 3.05) is 25.5 Å². The Labute approximate surface area is 176 Å². The van der Waals surface area contributed by atoms with Crippen molar-refractivity contribution >= 4 is 33.2 Å². The fourth-order valence-electron chi connectivity index (χ4n) is 3.45. The van der Waals surface area contributed by atoms with Gasteiger partial charge >= 0.3 is 0 Å². The number of aryl methyl sites for hydroxylation is 2. The Morgan fingerprint density at radius 2 is 1.83 bits per heavy atom. The van der Waals surface area contributed by atoms with Gasteiger partial charge in [-0.3, -0.25) is 4.79 Å². The zero-order chi connectivity index (χ0) is 21.2. The number of rotatable bonds is 5. The summed E-state index contributed by atoms with van der Waals surface area (Å²) in [5.74, 6) is -0.0355. The van der Waals surface area contributed by atoms with Crippen LogP contribution in [0.25, 0.3) is 0 Å². The molecule has 0 aliphatic carbocycles. The van der Waals surface area contributed by atoms with E-state index in [1.165, 1.54) is 11.4 Å². The SMILES string of the molecule is COc1ccc(C)cc1S(=O)(=O)N1CCC(C(=O)Nc2cc(Cl)ccc2C)CC1. The van der Waals surface area contributed by atoms with E-state index in [0.717, 1.165) is 11.1 Å². The van der Waals surface area contributed by atoms with Gasteiger partial charge in [-0.05, 0) is 62.1 Å². The lowest BCUT2D eigenvalue weighted by molar-refractivity contribution is -0.120. The molecule has 6 nitrogen and oxygen atoms in total. The zero-order valence-electron chi connectivity index (χ0n) is 16.7. The van der Waals surface area contributed by atoms with E-state index in [9.17, 15) is 13.2 Å². The molecule has 1 saturated heterocycles. The highest BCUT2D eigenvalue weighted by Crippen LogP contribution is 2.31. The second-order valence-corrected chi connectivity index (χ2v) is 9.62. The quantitative estimate of drug-likeness (QED) is 0.768. The van der Waals surface area contributed by atoms with E-state index in [-0.39, 0.29) is 29.8 Å². The molecule has 1 fully saturated rings. The summed E-state index contributed by atoms with van der Waals surface area (Å²) in [6.45, 7) is 4.31. The zero-order valence-corrected chi connectivity index (χ0v) is 18.3. The maximum Gasteiger partial charge on any atom is 0.246 e. The van der Waals surface area contributed by atoms with Crippen molar-refractivity contribution in [3.63, 3.8) is 0 Å². The Kier molecular flexibility index (Phi) is 6.51. The molecule has 1 amide bonds. The highest BCUT2D eigenvalue weighted by atomic mass is 35.5. The molecule has 0 atom stereocenters. The van der Waals surface area contributed by atoms with E-state index in [0.29, 0.717) is 29.3 Å². The van der Waals surface area contributed by atoms with Crippen LogP contribution in [0.4, 0.5) is 5.69 Å². The number of hydrogen-bond acceptors (Lipinski definition) is 4. The second-order valence-electron chi connectivity index (χ2n) is 7.28. The van der Waals surface area contributed by atoms with Crippen LogP contribution in [0.1, 0.15) is 24.0 Å². The Balaban J connectivity index is 1.69. The Morgan fingerprint density at radius 3 is 2.48 bits per heavy atom. The third-order valence-electron chi connectivity index (χ3n) is 5.22. The van der Waals surface area contributed by atoms with Gasteiger partial charge in [0.15, 0.2) is 0 Å². The van der Waals surface area contributed by atoms with E-state index in [1.54, 1.807) is 24.3 Å². The Morgan fingerprint density at radius 1 is 1.14 bits per heavy atom. The van der Waals surface area contributed by atoms with Crippen molar-refractivity contribution in [3.8, 4) is 5.75 Å². The lowest BCUT2D eigenvalue weighted by Crippen LogP contribution is -2.41. The van der Waals surface area contributed by atoms with Crippen LogP contribution >= 0.6 is 11.6 Å². The smallest absolute Gasteiger partial charge is 0.246 e. The van der Waals surface area contributed by atoms with Crippen LogP contribution in [0.2, 0.25) is 5.02 Å². The van der Waals surface area contributed by atoms with Crippen LogP contribution in [0.3, 0.4) is 0 Å². The first-order chi connectivity index (χ1) is 13.7. The number of sulfonamides is 1. The molecular formula is C21H25ClN2O4S. The molecule has 1 aliphatic rings. The number of carbonyl (C=O) groups is 1. The molecule has 8 heteroatoms. The molecule has 3 rings (SSSR count). The maximum atomic E-state index is 13.1. The number of ether oxygens (including phenoxy) is 1. The number of nitrogens with one attached hydrogen (secondary N) is 1. The van der Waals surface area contributed by atoms with Crippen LogP contribution in [0.15, 0.2) is 41.3 Å². The monoisotopic (exact) mass is 436 g/mol. The standard InChI is InChI=1S/C21H25ClN2O4S/c1-14-4-7-19(28-3)20(12-14)29(26,27)24-10-8-16(9-11-24)21(25)23-18-13-17(22)6-5-15(18)2/h4-7,12-13,16H,8-11H2,1-3H3,(H,23,25). The summed E-state index contributed by atoms with van der Waals surface area (Å²) >= 11 is 6.01. The summed E-state index contributed by atoms with van der Waals surface area (Å²) in [5.41, 5.74) is 2.45. The topological polar surface area (TPSA) is 75.7 Å². The molecule has 2 aromatic carbocycles. The van der Waals surface area contributed by atoms with Gasteiger partial charge in [0.25, 0.3) is 0 Å². The van der Waals surface area contributed by atoms with Gasteiger partial charge in [0.1, 0.15) is 10.6 Å². The molecule has 1 aliphatic heterocycles. The third kappa shape index (κ3) is 4.74. The third-order valence-corrected chi connectivity index (χ3v) is 7.37. The minimum Gasteiger partial charge on any atom is -0.495 e. The molecule has 29 heavy (non-hydrogen) atoms. The van der Waals surface area contributed by atoms with Crippen molar-refractivity contribution < 1.29 is 17.9 Å². The average molecular weight is 437 g/mol. The Bertz CT molecular complexity index is 1020. The fourth-order valence-corrected chi connectivity index (χ4v) is 5.33. The summed E-state index contributed by atoms with van der Waals surface area (Å²) in [5, 5.41) is 3.47. The molecule has 0 spiro atoms. The van der Waals surface area contributed by atoms with Gasteiger partial charge in [-0.2, -0.15) is 4.31 Å². The van der Waals surface area contributed by atoms with Gasteiger partial charge in [0.2, 0.25) is 15.9 Å². The van der Waals surface area contributed by atoms with Crippen LogP contribution in [0.5, 0.6) is 5.75 Å². The van der Waals surface area contributed by atoms with Gasteiger partial charge in [0.05, 0.1) is 7.11 Å². The lowest BCUT2D eigenvalue weighted by Gasteiger charge is -2.31. The number of amides is 1. The van der Waals surface area contributed by atoms with E-state index >= 15 is 0 Å². The molecule has 0 unspecified atom stereocenters. The van der Waals surface area contributed by atoms with E-state index in [2.05, 4.69) is 5.32 Å². The van der Waals surface area contributed by atoms with Gasteiger partial charge in [0, 0.05) is 29.7 Å². The molecule has 1 N–H and O–H groups in total. The van der Waals surface area contributed by atoms with Crippen molar-refractivity contribution in [1.29, 1.82) is 0 Å². The van der Waals surface area contributed by atoms with E-state index in [1.807, 2.05) is 26.0 Å². The first kappa shape index (κ1) is 21.6. The predicted molar refractivity (Wildman–Crippen MR) is 114 cm³/mol. The summed E-state index contributed by atoms with van der Waals surface area (Å²) in [6.07, 6.45) is 0.914. The van der Waals surface area contributed by atoms with Crippen molar-refractivity contribution in [3.05, 3.63) is 52.5 Å². The summed E-state index contributed by atoms with van der Waals surface area (Å²) in [6, 6.07) is 10.4. The molecule has 0 radical (unpaired) electrons. The first-order valence-electron chi connectivity index (χ1n) is 9.44. The number of nitrogens with zero attached hydrogens (tertiary/aromatic N) is 1. The second kappa shape index (κ2) is 8.73. The predicted octanol–water partition coefficient (Wildman–Crippen LogP) is 4.00. The molecule has 0 saturated carbocycles. The number of carbonyl (C=O) groups excluding carboxylic acids is 1. The minimum atomic E-state index is -3.69. The van der Waals surface area contributed by atoms with E-state index in [4.69, 9.17) is 16.3 Å². The van der Waals surface area contributed by atoms with Crippen molar-refractivity contribution in [2.24, 2.45) is 5.92 Å². The summed E-state index contributed by atoms with van der Waals surface area (Å²) in [4.78, 5) is 12.8. The molecular weight excluding hydrogens is 412 g/mol. The van der Waals surface area contributed by atoms with Gasteiger partial charge in [-0.1, -0.05) is 23.7 Å². The fraction of sp³-hybridized carbons (Fsp3) is 0.381. The number of piperidine rings is 1. The summed E-state index contributed by atoms with van der Waals surface area (Å²) < 4.78 is 32.9. The van der Waals surface area contributed by atoms with Gasteiger partial charge in [-0.25, -0.2) is 8.42 Å². The van der Waals surface area contributed by atoms with Crippen LogP contribution < -0.4 is 10.1 Å². The molecule has 0 aromatic heterocycles. The van der Waals surface area contributed by atoms with Crippen LogP contribution in [-0.2, 0) is 14.8 Å². The van der Waals surface area contributed by atoms with Gasteiger partial charge < -0.3 is 10.1 Å². The first-order valence-corrected chi connectivity index (χ1v) is 11.3. The number of methoxy groups -OCH3 is 1. The number of benzene rings is 2. The molecule has 1 heterocycles. The van der Waals surface area contributed by atoms with Gasteiger partial charge in [-0.15, -0.1) is 0 Å². The minimum absolute atomic E-state index is 0.111. The van der Waals surface area contributed by atoms with Crippen LogP contribution in [0, 0.1) is 19.8 Å². The number of hydrogen-bond donors (Lipinski definition) is 1. The normalized spacial score (nSPS) is 15.9. The van der Waals surface area contributed by atoms with Crippen molar-refractivity contribution in [2.45, 2.75) is 31.6 Å². The Hall–Kier alpha value is -2.09. The average Bonchev–Trinajstić information content (AvgIpc) is 2.70.